The van der Waals surface area contributed by atoms with Crippen LogP contribution in [-0.2, 0) is 24.4 Å². The molecule has 0 spiro atoms. The smallest absolute Gasteiger partial charge is 0.222 e. The fourth-order valence-electron chi connectivity index (χ4n) is 4.69. The van der Waals surface area contributed by atoms with Crippen LogP contribution in [0.1, 0.15) is 50.2 Å². The summed E-state index contributed by atoms with van der Waals surface area (Å²) in [5, 5.41) is 4.14. The molecule has 1 aliphatic heterocycles. The average Bonchev–Trinajstić information content (AvgIpc) is 3.43. The summed E-state index contributed by atoms with van der Waals surface area (Å²) in [4.78, 5) is 21.7. The van der Waals surface area contributed by atoms with E-state index in [2.05, 4.69) is 50.2 Å². The average molecular weight is 506 g/mol. The molecule has 2 heterocycles. The highest BCUT2D eigenvalue weighted by atomic mass is 16.5. The number of carbonyl (C=O) groups excluding carboxylic acids is 1. The quantitative estimate of drug-likeness (QED) is 0.447. The van der Waals surface area contributed by atoms with Gasteiger partial charge in [-0.1, -0.05) is 42.5 Å². The molecule has 4 rings (SSSR count). The van der Waals surface area contributed by atoms with Crippen molar-refractivity contribution in [1.29, 1.82) is 0 Å². The predicted molar refractivity (Wildman–Crippen MR) is 143 cm³/mol. The lowest BCUT2D eigenvalue weighted by Gasteiger charge is -2.28. The van der Waals surface area contributed by atoms with Gasteiger partial charge in [-0.05, 0) is 44.2 Å². The van der Waals surface area contributed by atoms with Crippen LogP contribution >= 0.6 is 0 Å². The van der Waals surface area contributed by atoms with Crippen molar-refractivity contribution in [3.05, 3.63) is 72.3 Å². The standard InChI is InChI=1S/C29H39N5O3/c1-2-36-27-14-9-13-26-22-32(21-25-11-5-3-6-12-25)18-19-33(16-7-4-8-20-37-29(26)27)28(35)15-10-17-34-24-30-23-31-34/h3,5-6,9,11-14,23-24H,2,4,7-8,10,15-22H2,1H3. The first-order valence-electron chi connectivity index (χ1n) is 13.5. The number of para-hydroxylation sites is 1. The molecule has 198 valence electrons. The minimum Gasteiger partial charge on any atom is -0.490 e. The van der Waals surface area contributed by atoms with E-state index >= 15 is 0 Å². The van der Waals surface area contributed by atoms with Gasteiger partial charge in [-0.3, -0.25) is 14.4 Å². The van der Waals surface area contributed by atoms with E-state index in [1.54, 1.807) is 11.0 Å². The van der Waals surface area contributed by atoms with Crippen LogP contribution in [0.5, 0.6) is 11.5 Å². The van der Waals surface area contributed by atoms with Crippen LogP contribution in [0.4, 0.5) is 0 Å². The lowest BCUT2D eigenvalue weighted by molar-refractivity contribution is -0.131. The lowest BCUT2D eigenvalue weighted by atomic mass is 10.1. The van der Waals surface area contributed by atoms with Crippen molar-refractivity contribution < 1.29 is 14.3 Å². The fourth-order valence-corrected chi connectivity index (χ4v) is 4.69. The topological polar surface area (TPSA) is 72.7 Å². The van der Waals surface area contributed by atoms with E-state index in [-0.39, 0.29) is 5.91 Å². The molecule has 37 heavy (non-hydrogen) atoms. The van der Waals surface area contributed by atoms with Gasteiger partial charge < -0.3 is 14.4 Å². The zero-order valence-electron chi connectivity index (χ0n) is 21.9. The second-order valence-electron chi connectivity index (χ2n) is 9.43. The van der Waals surface area contributed by atoms with E-state index in [1.165, 1.54) is 11.9 Å². The van der Waals surface area contributed by atoms with Crippen LogP contribution in [0, 0.1) is 0 Å². The molecule has 1 aromatic heterocycles. The number of amides is 1. The Hall–Kier alpha value is -3.39. The Balaban J connectivity index is 1.49. The van der Waals surface area contributed by atoms with Crippen LogP contribution in [0.2, 0.25) is 0 Å². The third-order valence-electron chi connectivity index (χ3n) is 6.61. The Morgan fingerprint density at radius 1 is 1.03 bits per heavy atom. The Morgan fingerprint density at radius 3 is 2.73 bits per heavy atom. The van der Waals surface area contributed by atoms with Crippen LogP contribution in [0.25, 0.3) is 0 Å². The summed E-state index contributed by atoms with van der Waals surface area (Å²) in [5.74, 6) is 1.87. The number of hydrogen-bond donors (Lipinski definition) is 0. The Labute approximate surface area is 220 Å². The molecule has 0 saturated carbocycles. The van der Waals surface area contributed by atoms with Crippen molar-refractivity contribution in [3.8, 4) is 11.5 Å². The molecule has 0 atom stereocenters. The molecule has 0 aliphatic carbocycles. The van der Waals surface area contributed by atoms with Crippen molar-refractivity contribution >= 4 is 5.91 Å². The van der Waals surface area contributed by atoms with Crippen molar-refractivity contribution in [1.82, 2.24) is 24.6 Å². The highest BCUT2D eigenvalue weighted by Gasteiger charge is 2.19. The van der Waals surface area contributed by atoms with E-state index in [4.69, 9.17) is 9.47 Å². The third-order valence-corrected chi connectivity index (χ3v) is 6.61. The third kappa shape index (κ3) is 8.32. The van der Waals surface area contributed by atoms with Gasteiger partial charge in [0.25, 0.3) is 0 Å². The van der Waals surface area contributed by atoms with Gasteiger partial charge in [-0.15, -0.1) is 0 Å². The second-order valence-corrected chi connectivity index (χ2v) is 9.43. The van der Waals surface area contributed by atoms with Crippen LogP contribution in [-0.4, -0.2) is 63.3 Å². The Bertz CT molecular complexity index is 1070. The number of fused-ring (bicyclic) bond motifs is 1. The number of nitrogens with zero attached hydrogens (tertiary/aromatic N) is 5. The Morgan fingerprint density at radius 2 is 1.92 bits per heavy atom. The first kappa shape index (κ1) is 26.7. The zero-order chi connectivity index (χ0) is 25.7. The van der Waals surface area contributed by atoms with Gasteiger partial charge in [-0.2, -0.15) is 5.10 Å². The zero-order valence-corrected chi connectivity index (χ0v) is 21.9. The molecule has 0 fully saturated rings. The number of hydrogen-bond acceptors (Lipinski definition) is 6. The van der Waals surface area contributed by atoms with Gasteiger partial charge in [0.05, 0.1) is 13.2 Å². The normalized spacial score (nSPS) is 15.5. The highest BCUT2D eigenvalue weighted by Crippen LogP contribution is 2.33. The minimum atomic E-state index is 0.213. The second kappa shape index (κ2) is 14.4. The van der Waals surface area contributed by atoms with Gasteiger partial charge >= 0.3 is 0 Å². The molecule has 0 radical (unpaired) electrons. The van der Waals surface area contributed by atoms with E-state index in [0.717, 1.165) is 68.9 Å². The molecule has 0 unspecified atom stereocenters. The molecular formula is C29H39N5O3. The summed E-state index contributed by atoms with van der Waals surface area (Å²) in [6.45, 7) is 7.72. The minimum absolute atomic E-state index is 0.213. The molecule has 2 aromatic carbocycles. The van der Waals surface area contributed by atoms with Crippen molar-refractivity contribution in [2.45, 2.75) is 58.7 Å². The maximum absolute atomic E-state index is 13.2. The van der Waals surface area contributed by atoms with E-state index < -0.39 is 0 Å². The molecule has 1 aliphatic rings. The summed E-state index contributed by atoms with van der Waals surface area (Å²) in [7, 11) is 0. The van der Waals surface area contributed by atoms with E-state index in [9.17, 15) is 4.79 Å². The SMILES string of the molecule is CCOc1cccc2c1OCCCCCN(C(=O)CCCn1cncn1)CCN(Cc1ccccc1)C2. The van der Waals surface area contributed by atoms with Gasteiger partial charge in [0.2, 0.25) is 5.91 Å². The number of rotatable bonds is 8. The van der Waals surface area contributed by atoms with Crippen LogP contribution in [0.15, 0.2) is 61.2 Å². The molecule has 3 aromatic rings. The molecule has 0 N–H and O–H groups in total. The molecule has 0 saturated heterocycles. The summed E-state index contributed by atoms with van der Waals surface area (Å²) in [6.07, 6.45) is 7.43. The number of aryl methyl sites for hydroxylation is 1. The molecule has 8 heteroatoms. The monoisotopic (exact) mass is 505 g/mol. The maximum atomic E-state index is 13.2. The lowest BCUT2D eigenvalue weighted by Crippen LogP contribution is -2.39. The van der Waals surface area contributed by atoms with Crippen LogP contribution < -0.4 is 9.47 Å². The number of aromatic nitrogens is 3. The van der Waals surface area contributed by atoms with Gasteiger partial charge in [0.1, 0.15) is 12.7 Å². The summed E-state index contributed by atoms with van der Waals surface area (Å²) in [5.41, 5.74) is 2.37. The van der Waals surface area contributed by atoms with E-state index in [0.29, 0.717) is 32.7 Å². The molecular weight excluding hydrogens is 466 g/mol. The van der Waals surface area contributed by atoms with Crippen molar-refractivity contribution in [3.63, 3.8) is 0 Å². The summed E-state index contributed by atoms with van der Waals surface area (Å²) >= 11 is 0. The van der Waals surface area contributed by atoms with Crippen molar-refractivity contribution in [2.75, 3.05) is 32.8 Å². The van der Waals surface area contributed by atoms with Gasteiger partial charge in [-0.25, -0.2) is 4.98 Å². The van der Waals surface area contributed by atoms with Gasteiger partial charge in [0.15, 0.2) is 11.5 Å². The number of benzene rings is 2. The number of carbonyl (C=O) groups is 1. The van der Waals surface area contributed by atoms with Crippen molar-refractivity contribution in [2.24, 2.45) is 0 Å². The first-order chi connectivity index (χ1) is 18.2. The highest BCUT2D eigenvalue weighted by molar-refractivity contribution is 5.76. The predicted octanol–water partition coefficient (Wildman–Crippen LogP) is 4.55. The summed E-state index contributed by atoms with van der Waals surface area (Å²) in [6, 6.07) is 16.7. The Kier molecular flexibility index (Phi) is 10.4. The van der Waals surface area contributed by atoms with E-state index in [1.807, 2.05) is 25.1 Å². The van der Waals surface area contributed by atoms with Crippen LogP contribution in [0.3, 0.4) is 0 Å². The first-order valence-corrected chi connectivity index (χ1v) is 13.5. The number of ether oxygens (including phenoxy) is 2. The molecule has 8 nitrogen and oxygen atoms in total. The maximum Gasteiger partial charge on any atom is 0.222 e. The largest absolute Gasteiger partial charge is 0.490 e. The fraction of sp³-hybridized carbons (Fsp3) is 0.483. The molecule has 1 amide bonds. The molecule has 0 bridgehead atoms. The summed E-state index contributed by atoms with van der Waals surface area (Å²) < 4.78 is 14.0. The van der Waals surface area contributed by atoms with Gasteiger partial charge in [0, 0.05) is 51.3 Å².